The van der Waals surface area contributed by atoms with Crippen molar-refractivity contribution in [3.8, 4) is 0 Å². The Bertz CT molecular complexity index is 442. The first-order valence-corrected chi connectivity index (χ1v) is 7.59. The molecule has 1 fully saturated rings. The minimum absolute atomic E-state index is 0.0477. The van der Waals surface area contributed by atoms with E-state index in [1.54, 1.807) is 16.7 Å². The van der Waals surface area contributed by atoms with Gasteiger partial charge in [-0.05, 0) is 26.2 Å². The molecule has 92 valence electrons. The summed E-state index contributed by atoms with van der Waals surface area (Å²) >= 11 is 8.25. The SMILES string of the molecule is CCN1C(=O)C(=C2SC=C(C)N2CC)SC1=S. The van der Waals surface area contributed by atoms with Gasteiger partial charge in [0.25, 0.3) is 5.91 Å². The molecule has 17 heavy (non-hydrogen) atoms. The second kappa shape index (κ2) is 5.04. The van der Waals surface area contributed by atoms with Crippen LogP contribution in [0.4, 0.5) is 0 Å². The van der Waals surface area contributed by atoms with Crippen molar-refractivity contribution in [3.63, 3.8) is 0 Å². The number of thioether (sulfide) groups is 2. The van der Waals surface area contributed by atoms with Gasteiger partial charge in [-0.3, -0.25) is 9.69 Å². The van der Waals surface area contributed by atoms with Crippen molar-refractivity contribution in [2.24, 2.45) is 0 Å². The number of hydrogen-bond donors (Lipinski definition) is 0. The molecule has 3 nitrogen and oxygen atoms in total. The summed E-state index contributed by atoms with van der Waals surface area (Å²) in [6, 6.07) is 0. The molecule has 0 spiro atoms. The van der Waals surface area contributed by atoms with Crippen LogP contribution >= 0.6 is 35.7 Å². The van der Waals surface area contributed by atoms with E-state index in [0.717, 1.165) is 16.5 Å². The number of hydrogen-bond acceptors (Lipinski definition) is 5. The first kappa shape index (κ1) is 13.0. The molecule has 1 amide bonds. The highest BCUT2D eigenvalue weighted by Crippen LogP contribution is 2.43. The Hall–Kier alpha value is -0.460. The number of nitrogens with zero attached hydrogens (tertiary/aromatic N) is 2. The summed E-state index contributed by atoms with van der Waals surface area (Å²) < 4.78 is 0.668. The van der Waals surface area contributed by atoms with Crippen molar-refractivity contribution >= 4 is 46.0 Å². The quantitative estimate of drug-likeness (QED) is 0.574. The Labute approximate surface area is 115 Å². The van der Waals surface area contributed by atoms with E-state index in [4.69, 9.17) is 12.2 Å². The first-order chi connectivity index (χ1) is 8.10. The lowest BCUT2D eigenvalue weighted by atomic mass is 10.4. The van der Waals surface area contributed by atoms with Gasteiger partial charge in [0.05, 0.1) is 5.03 Å². The van der Waals surface area contributed by atoms with Gasteiger partial charge in [-0.2, -0.15) is 0 Å². The fourth-order valence-corrected chi connectivity index (χ4v) is 4.42. The van der Waals surface area contributed by atoms with Crippen LogP contribution in [0.3, 0.4) is 0 Å². The number of thiocarbonyl (C=S) groups is 1. The van der Waals surface area contributed by atoms with Crippen LogP contribution < -0.4 is 0 Å². The fourth-order valence-electron chi connectivity index (χ4n) is 1.80. The number of carbonyl (C=O) groups is 1. The molecule has 0 aromatic carbocycles. The fraction of sp³-hybridized carbons (Fsp3) is 0.455. The van der Waals surface area contributed by atoms with Gasteiger partial charge in [0, 0.05) is 18.8 Å². The Morgan fingerprint density at radius 2 is 1.94 bits per heavy atom. The highest BCUT2D eigenvalue weighted by molar-refractivity contribution is 8.27. The lowest BCUT2D eigenvalue weighted by molar-refractivity contribution is -0.122. The van der Waals surface area contributed by atoms with E-state index >= 15 is 0 Å². The average Bonchev–Trinajstić information content (AvgIpc) is 2.79. The lowest BCUT2D eigenvalue weighted by Crippen LogP contribution is -2.28. The van der Waals surface area contributed by atoms with Crippen molar-refractivity contribution in [1.29, 1.82) is 0 Å². The standard InChI is InChI=1S/C11H14N2OS3/c1-4-12-7(3)6-16-10(12)8-9(14)13(5-2)11(15)17-8/h6H,4-5H2,1-3H3. The van der Waals surface area contributed by atoms with Crippen molar-refractivity contribution in [3.05, 3.63) is 21.0 Å². The number of likely N-dealkylation sites (N-methyl/N-ethyl adjacent to an activating group) is 1. The molecule has 0 saturated carbocycles. The minimum atomic E-state index is 0.0477. The lowest BCUT2D eigenvalue weighted by Gasteiger charge is -2.20. The number of rotatable bonds is 2. The summed E-state index contributed by atoms with van der Waals surface area (Å²) in [5.74, 6) is 0.0477. The molecule has 2 heterocycles. The van der Waals surface area contributed by atoms with E-state index in [-0.39, 0.29) is 5.91 Å². The van der Waals surface area contributed by atoms with Crippen LogP contribution in [0, 0.1) is 0 Å². The molecule has 2 aliphatic heterocycles. The molecular weight excluding hydrogens is 272 g/mol. The van der Waals surface area contributed by atoms with Crippen LogP contribution in [0.15, 0.2) is 21.0 Å². The number of carbonyl (C=O) groups excluding carboxylic acids is 1. The van der Waals surface area contributed by atoms with Crippen molar-refractivity contribution < 1.29 is 4.79 Å². The maximum Gasteiger partial charge on any atom is 0.268 e. The van der Waals surface area contributed by atoms with Crippen LogP contribution in [0.25, 0.3) is 0 Å². The maximum atomic E-state index is 12.2. The smallest absolute Gasteiger partial charge is 0.268 e. The van der Waals surface area contributed by atoms with E-state index in [1.807, 2.05) is 6.92 Å². The summed E-state index contributed by atoms with van der Waals surface area (Å²) in [5.41, 5.74) is 1.19. The Morgan fingerprint density at radius 3 is 2.47 bits per heavy atom. The van der Waals surface area contributed by atoms with Gasteiger partial charge >= 0.3 is 0 Å². The molecule has 1 saturated heterocycles. The molecule has 2 aliphatic rings. The van der Waals surface area contributed by atoms with Crippen molar-refractivity contribution in [1.82, 2.24) is 9.80 Å². The summed E-state index contributed by atoms with van der Waals surface area (Å²) in [4.78, 5) is 16.8. The second-order valence-corrected chi connectivity index (χ2v) is 6.18. The van der Waals surface area contributed by atoms with Crippen LogP contribution in [0.2, 0.25) is 0 Å². The molecule has 0 bridgehead atoms. The van der Waals surface area contributed by atoms with E-state index in [9.17, 15) is 4.79 Å². The van der Waals surface area contributed by atoms with Gasteiger partial charge in [-0.25, -0.2) is 0 Å². The third-order valence-corrected chi connectivity index (χ3v) is 5.36. The molecule has 0 unspecified atom stereocenters. The van der Waals surface area contributed by atoms with Gasteiger partial charge in [0.15, 0.2) is 0 Å². The third kappa shape index (κ3) is 2.13. The third-order valence-electron chi connectivity index (χ3n) is 2.69. The molecule has 2 rings (SSSR count). The normalized spacial score (nSPS) is 25.0. The summed E-state index contributed by atoms with van der Waals surface area (Å²) in [5, 5.41) is 3.11. The van der Waals surface area contributed by atoms with Crippen LogP contribution in [-0.4, -0.2) is 33.1 Å². The maximum absolute atomic E-state index is 12.2. The number of amides is 1. The first-order valence-electron chi connectivity index (χ1n) is 5.49. The summed E-state index contributed by atoms with van der Waals surface area (Å²) in [6.07, 6.45) is 0. The Balaban J connectivity index is 2.35. The summed E-state index contributed by atoms with van der Waals surface area (Å²) in [6.45, 7) is 7.61. The molecule has 0 atom stereocenters. The Kier molecular flexibility index (Phi) is 3.85. The molecule has 0 aromatic rings. The van der Waals surface area contributed by atoms with E-state index < -0.39 is 0 Å². The predicted octanol–water partition coefficient (Wildman–Crippen LogP) is 2.97. The average molecular weight is 286 g/mol. The van der Waals surface area contributed by atoms with E-state index in [2.05, 4.69) is 24.2 Å². The summed E-state index contributed by atoms with van der Waals surface area (Å²) in [7, 11) is 0. The van der Waals surface area contributed by atoms with Gasteiger partial charge in [-0.1, -0.05) is 35.7 Å². The second-order valence-electron chi connectivity index (χ2n) is 3.67. The van der Waals surface area contributed by atoms with Gasteiger partial charge in [-0.15, -0.1) is 0 Å². The Morgan fingerprint density at radius 1 is 1.29 bits per heavy atom. The molecular formula is C11H14N2OS3. The molecule has 6 heteroatoms. The highest BCUT2D eigenvalue weighted by Gasteiger charge is 2.36. The highest BCUT2D eigenvalue weighted by atomic mass is 32.2. The predicted molar refractivity (Wildman–Crippen MR) is 78.3 cm³/mol. The topological polar surface area (TPSA) is 23.6 Å². The van der Waals surface area contributed by atoms with Crippen LogP contribution in [0.1, 0.15) is 20.8 Å². The molecule has 0 N–H and O–H groups in total. The minimum Gasteiger partial charge on any atom is -0.339 e. The molecule has 0 aliphatic carbocycles. The van der Waals surface area contributed by atoms with Gasteiger partial charge < -0.3 is 4.90 Å². The van der Waals surface area contributed by atoms with Gasteiger partial charge in [0.2, 0.25) is 0 Å². The zero-order valence-corrected chi connectivity index (χ0v) is 12.5. The van der Waals surface area contributed by atoms with Crippen LogP contribution in [-0.2, 0) is 4.79 Å². The zero-order valence-electron chi connectivity index (χ0n) is 10.0. The van der Waals surface area contributed by atoms with Crippen molar-refractivity contribution in [2.45, 2.75) is 20.8 Å². The van der Waals surface area contributed by atoms with E-state index in [1.165, 1.54) is 17.5 Å². The number of allylic oxidation sites excluding steroid dienone is 1. The van der Waals surface area contributed by atoms with Crippen LogP contribution in [0.5, 0.6) is 0 Å². The van der Waals surface area contributed by atoms with Gasteiger partial charge in [0.1, 0.15) is 9.23 Å². The zero-order chi connectivity index (χ0) is 12.6. The largest absolute Gasteiger partial charge is 0.339 e. The molecule has 0 radical (unpaired) electrons. The molecule has 0 aromatic heterocycles. The monoisotopic (exact) mass is 286 g/mol. The van der Waals surface area contributed by atoms with Crippen molar-refractivity contribution in [2.75, 3.05) is 13.1 Å². The van der Waals surface area contributed by atoms with E-state index in [0.29, 0.717) is 10.9 Å².